The Bertz CT molecular complexity index is 644. The highest BCUT2D eigenvalue weighted by molar-refractivity contribution is 6.31. The van der Waals surface area contributed by atoms with Gasteiger partial charge in [0.2, 0.25) is 0 Å². The second-order valence-electron chi connectivity index (χ2n) is 4.57. The number of hydrogen-bond acceptors (Lipinski definition) is 3. The normalized spacial score (nSPS) is 11.5. The lowest BCUT2D eigenvalue weighted by molar-refractivity contribution is -0.141. The zero-order valence-electron chi connectivity index (χ0n) is 11.2. The highest BCUT2D eigenvalue weighted by Gasteiger charge is 2.33. The zero-order chi connectivity index (χ0) is 15.6. The van der Waals surface area contributed by atoms with Crippen LogP contribution in [0.25, 0.3) is 0 Å². The number of nitrogens with two attached hydrogens (primary N) is 1. The first-order valence-electron chi connectivity index (χ1n) is 6.06. The summed E-state index contributed by atoms with van der Waals surface area (Å²) in [5.74, 6) is 0. The fraction of sp³-hybridized carbons (Fsp3) is 0.214. The molecule has 0 spiro atoms. The minimum Gasteiger partial charge on any atom is -0.396 e. The Morgan fingerprint density at radius 2 is 1.95 bits per heavy atom. The van der Waals surface area contributed by atoms with Crippen molar-refractivity contribution >= 4 is 23.0 Å². The van der Waals surface area contributed by atoms with Gasteiger partial charge in [-0.1, -0.05) is 29.8 Å². The van der Waals surface area contributed by atoms with Crippen LogP contribution < -0.4 is 10.6 Å². The lowest BCUT2D eigenvalue weighted by atomic mass is 10.2. The highest BCUT2D eigenvalue weighted by Crippen LogP contribution is 2.33. The van der Waals surface area contributed by atoms with Gasteiger partial charge < -0.3 is 10.6 Å². The van der Waals surface area contributed by atoms with Gasteiger partial charge in [0.05, 0.1) is 17.6 Å². The molecule has 0 saturated heterocycles. The van der Waals surface area contributed by atoms with Gasteiger partial charge in [-0.15, -0.1) is 0 Å². The molecule has 0 amide bonds. The number of aromatic nitrogens is 1. The zero-order valence-corrected chi connectivity index (χ0v) is 11.9. The van der Waals surface area contributed by atoms with Gasteiger partial charge in [0.25, 0.3) is 0 Å². The third-order valence-corrected chi connectivity index (χ3v) is 3.35. The van der Waals surface area contributed by atoms with Crippen molar-refractivity contribution in [2.24, 2.45) is 0 Å². The number of rotatable bonds is 3. The van der Waals surface area contributed by atoms with E-state index >= 15 is 0 Å². The van der Waals surface area contributed by atoms with Crippen LogP contribution in [0.15, 0.2) is 36.5 Å². The maximum atomic E-state index is 12.7. The molecule has 112 valence electrons. The van der Waals surface area contributed by atoms with Crippen molar-refractivity contribution < 1.29 is 13.2 Å². The molecule has 2 aromatic rings. The fourth-order valence-corrected chi connectivity index (χ4v) is 2.10. The van der Waals surface area contributed by atoms with Gasteiger partial charge in [0.1, 0.15) is 5.69 Å². The molecule has 0 atom stereocenters. The number of anilines is 2. The van der Waals surface area contributed by atoms with Gasteiger partial charge in [-0.2, -0.15) is 13.2 Å². The molecule has 7 heteroatoms. The molecule has 0 unspecified atom stereocenters. The van der Waals surface area contributed by atoms with Crippen molar-refractivity contribution in [1.29, 1.82) is 0 Å². The molecule has 0 saturated carbocycles. The first kappa shape index (κ1) is 15.4. The second-order valence-corrected chi connectivity index (χ2v) is 4.98. The van der Waals surface area contributed by atoms with Crippen molar-refractivity contribution in [2.75, 3.05) is 17.7 Å². The summed E-state index contributed by atoms with van der Waals surface area (Å²) in [4.78, 5) is 4.92. The van der Waals surface area contributed by atoms with Crippen molar-refractivity contribution in [3.8, 4) is 0 Å². The number of hydrogen-bond donors (Lipinski definition) is 1. The largest absolute Gasteiger partial charge is 0.433 e. The van der Waals surface area contributed by atoms with Crippen LogP contribution in [-0.4, -0.2) is 12.0 Å². The van der Waals surface area contributed by atoms with E-state index < -0.39 is 11.9 Å². The Balaban J connectivity index is 2.31. The molecule has 3 nitrogen and oxygen atoms in total. The summed E-state index contributed by atoms with van der Waals surface area (Å²) in [6.45, 7) is 0.338. The number of nitrogen functional groups attached to an aromatic ring is 1. The molecule has 21 heavy (non-hydrogen) atoms. The quantitative estimate of drug-likeness (QED) is 0.931. The number of benzene rings is 1. The minimum absolute atomic E-state index is 0.178. The van der Waals surface area contributed by atoms with Crippen molar-refractivity contribution in [2.45, 2.75) is 12.7 Å². The summed E-state index contributed by atoms with van der Waals surface area (Å²) in [5.41, 5.74) is 5.98. The first-order valence-corrected chi connectivity index (χ1v) is 6.44. The van der Waals surface area contributed by atoms with Gasteiger partial charge in [-0.25, -0.2) is 4.98 Å². The number of nitrogens with zero attached hydrogens (tertiary/aromatic N) is 2. The molecule has 0 radical (unpaired) electrons. The molecule has 2 rings (SSSR count). The molecule has 1 aromatic heterocycles. The van der Waals surface area contributed by atoms with Crippen molar-refractivity contribution in [1.82, 2.24) is 4.98 Å². The molecule has 1 aromatic carbocycles. The van der Waals surface area contributed by atoms with E-state index in [4.69, 9.17) is 17.3 Å². The molecule has 0 aliphatic rings. The predicted octanol–water partition coefficient (Wildman–Crippen LogP) is 3.97. The summed E-state index contributed by atoms with van der Waals surface area (Å²) in [5, 5.41) is 0.549. The third kappa shape index (κ3) is 3.58. The molecular formula is C14H13ClF3N3. The van der Waals surface area contributed by atoms with E-state index in [1.54, 1.807) is 30.1 Å². The van der Waals surface area contributed by atoms with Gasteiger partial charge in [-0.05, 0) is 17.7 Å². The maximum absolute atomic E-state index is 12.7. The predicted molar refractivity (Wildman–Crippen MR) is 77.2 cm³/mol. The summed E-state index contributed by atoms with van der Waals surface area (Å²) in [7, 11) is 1.65. The standard InChI is InChI=1S/C14H13ClF3N3/c1-21(8-9-4-2-3-5-10(9)15)12-6-13(14(16,17)18)20-7-11(12)19/h2-7H,8,19H2,1H3. The van der Waals surface area contributed by atoms with E-state index in [-0.39, 0.29) is 11.4 Å². The Morgan fingerprint density at radius 3 is 2.57 bits per heavy atom. The van der Waals surface area contributed by atoms with Crippen LogP contribution >= 0.6 is 11.6 Å². The van der Waals surface area contributed by atoms with Gasteiger partial charge in [-0.3, -0.25) is 0 Å². The lowest BCUT2D eigenvalue weighted by Crippen LogP contribution is -2.20. The molecule has 2 N–H and O–H groups in total. The Kier molecular flexibility index (Phi) is 4.27. The van der Waals surface area contributed by atoms with Crippen LogP contribution in [0, 0.1) is 0 Å². The Morgan fingerprint density at radius 1 is 1.29 bits per heavy atom. The molecule has 0 aliphatic carbocycles. The van der Waals surface area contributed by atoms with Crippen LogP contribution in [0.5, 0.6) is 0 Å². The Hall–Kier alpha value is -1.95. The van der Waals surface area contributed by atoms with E-state index in [1.165, 1.54) is 0 Å². The third-order valence-electron chi connectivity index (χ3n) is 2.98. The average molecular weight is 316 g/mol. The van der Waals surface area contributed by atoms with Crippen LogP contribution in [0.2, 0.25) is 5.02 Å². The smallest absolute Gasteiger partial charge is 0.396 e. The minimum atomic E-state index is -4.51. The molecule has 0 aliphatic heterocycles. The summed E-state index contributed by atoms with van der Waals surface area (Å²) in [6, 6.07) is 8.06. The molecule has 1 heterocycles. The van der Waals surface area contributed by atoms with Gasteiger partial charge in [0.15, 0.2) is 0 Å². The van der Waals surface area contributed by atoms with E-state index in [9.17, 15) is 13.2 Å². The number of alkyl halides is 3. The first-order chi connectivity index (χ1) is 9.79. The van der Waals surface area contributed by atoms with Gasteiger partial charge >= 0.3 is 6.18 Å². The molecule has 0 bridgehead atoms. The van der Waals surface area contributed by atoms with E-state index in [0.29, 0.717) is 11.6 Å². The number of halogens is 4. The molecular weight excluding hydrogens is 303 g/mol. The average Bonchev–Trinajstić information content (AvgIpc) is 2.40. The second kappa shape index (κ2) is 5.81. The number of pyridine rings is 1. The topological polar surface area (TPSA) is 42.2 Å². The van der Waals surface area contributed by atoms with E-state index in [0.717, 1.165) is 17.8 Å². The summed E-state index contributed by atoms with van der Waals surface area (Å²) >= 11 is 6.05. The van der Waals surface area contributed by atoms with E-state index in [1.807, 2.05) is 6.07 Å². The van der Waals surface area contributed by atoms with E-state index in [2.05, 4.69) is 4.98 Å². The van der Waals surface area contributed by atoms with Gasteiger partial charge in [0, 0.05) is 18.6 Å². The monoisotopic (exact) mass is 315 g/mol. The van der Waals surface area contributed by atoms with Crippen molar-refractivity contribution in [3.63, 3.8) is 0 Å². The SMILES string of the molecule is CN(Cc1ccccc1Cl)c1cc(C(F)(F)F)ncc1N. The van der Waals surface area contributed by atoms with Crippen LogP contribution in [-0.2, 0) is 12.7 Å². The van der Waals surface area contributed by atoms with Crippen molar-refractivity contribution in [3.05, 3.63) is 52.8 Å². The Labute approximate surface area is 125 Å². The van der Waals surface area contributed by atoms with Crippen LogP contribution in [0.1, 0.15) is 11.3 Å². The summed E-state index contributed by atoms with van der Waals surface area (Å²) in [6.07, 6.45) is -3.49. The lowest BCUT2D eigenvalue weighted by Gasteiger charge is -2.22. The fourth-order valence-electron chi connectivity index (χ4n) is 1.91. The highest BCUT2D eigenvalue weighted by atomic mass is 35.5. The van der Waals surface area contributed by atoms with Crippen LogP contribution in [0.4, 0.5) is 24.5 Å². The summed E-state index contributed by atoms with van der Waals surface area (Å²) < 4.78 is 38.1. The van der Waals surface area contributed by atoms with Crippen LogP contribution in [0.3, 0.4) is 0 Å². The molecule has 0 fully saturated rings. The maximum Gasteiger partial charge on any atom is 0.433 e.